The molecular weight excluding hydrogens is 628 g/mol. The van der Waals surface area contributed by atoms with Crippen LogP contribution in [0.5, 0.6) is 0 Å². The molecule has 0 aromatic heterocycles. The van der Waals surface area contributed by atoms with E-state index in [1.54, 1.807) is 0 Å². The molecule has 11 N–H and O–H groups in total. The SMILES string of the molecule is CC(=O)N[C@@H]1[C@@H](O[C@@H]2O[C@H](COS(=O)(=O)O)[C@@H](O)[C@H](O)[C@H]2O)[C@@H](O)[C@@H](CO[C@@H]2O[C@H](CO)[C@H](O)[C@H](O)[C@H]2NC(C)=O)O[C@H]1O. The Balaban J connectivity index is 1.80. The van der Waals surface area contributed by atoms with E-state index in [2.05, 4.69) is 14.8 Å². The average molecular weight is 667 g/mol. The summed E-state index contributed by atoms with van der Waals surface area (Å²) in [5.41, 5.74) is 0. The Bertz CT molecular complexity index is 1080. The highest BCUT2D eigenvalue weighted by molar-refractivity contribution is 7.80. The molecule has 3 heterocycles. The maximum atomic E-state index is 11.8. The van der Waals surface area contributed by atoms with Crippen molar-refractivity contribution in [2.24, 2.45) is 0 Å². The molecule has 0 saturated carbocycles. The number of rotatable bonds is 11. The molecular formula is C22H38N2O19S. The molecule has 22 heteroatoms. The van der Waals surface area contributed by atoms with Gasteiger partial charge < -0.3 is 75.2 Å². The van der Waals surface area contributed by atoms with Gasteiger partial charge in [0.2, 0.25) is 11.8 Å². The van der Waals surface area contributed by atoms with Crippen molar-refractivity contribution in [2.75, 3.05) is 19.8 Å². The molecule has 0 bridgehead atoms. The molecule has 3 fully saturated rings. The molecule has 256 valence electrons. The van der Waals surface area contributed by atoms with Crippen LogP contribution in [-0.4, -0.2) is 177 Å². The van der Waals surface area contributed by atoms with Gasteiger partial charge in [0.05, 0.1) is 19.8 Å². The van der Waals surface area contributed by atoms with Gasteiger partial charge >= 0.3 is 10.4 Å². The molecule has 0 aromatic rings. The second kappa shape index (κ2) is 15.3. The third-order valence-corrected chi connectivity index (χ3v) is 7.51. The number of aliphatic hydroxyl groups excluding tert-OH is 8. The van der Waals surface area contributed by atoms with E-state index < -0.39 is 134 Å². The molecule has 0 unspecified atom stereocenters. The van der Waals surface area contributed by atoms with Crippen molar-refractivity contribution in [3.63, 3.8) is 0 Å². The number of aliphatic hydroxyl groups is 8. The fraction of sp³-hybridized carbons (Fsp3) is 0.909. The Morgan fingerprint density at radius 1 is 0.705 bits per heavy atom. The van der Waals surface area contributed by atoms with Crippen molar-refractivity contribution in [2.45, 2.75) is 106 Å². The number of ether oxygens (including phenoxy) is 5. The van der Waals surface area contributed by atoms with E-state index in [0.717, 1.165) is 13.8 Å². The lowest BCUT2D eigenvalue weighted by Gasteiger charge is -2.47. The van der Waals surface area contributed by atoms with Gasteiger partial charge in [0, 0.05) is 13.8 Å². The number of hydrogen-bond acceptors (Lipinski definition) is 18. The Kier molecular flexibility index (Phi) is 12.7. The smallest absolute Gasteiger partial charge is 0.394 e. The molecule has 2 amide bonds. The maximum absolute atomic E-state index is 11.8. The van der Waals surface area contributed by atoms with Crippen LogP contribution >= 0.6 is 0 Å². The van der Waals surface area contributed by atoms with Crippen molar-refractivity contribution < 1.29 is 91.3 Å². The average Bonchev–Trinajstić information content (AvgIpc) is 2.93. The first-order valence-corrected chi connectivity index (χ1v) is 14.6. The highest BCUT2D eigenvalue weighted by atomic mass is 32.3. The summed E-state index contributed by atoms with van der Waals surface area (Å²) in [4.78, 5) is 23.5. The summed E-state index contributed by atoms with van der Waals surface area (Å²) in [6.07, 6.45) is -22.9. The number of carbonyl (C=O) groups is 2. The van der Waals surface area contributed by atoms with Crippen LogP contribution in [0.3, 0.4) is 0 Å². The Hall–Kier alpha value is -1.71. The van der Waals surface area contributed by atoms with E-state index in [4.69, 9.17) is 28.2 Å². The highest BCUT2D eigenvalue weighted by Gasteiger charge is 2.52. The van der Waals surface area contributed by atoms with Crippen molar-refractivity contribution >= 4 is 22.2 Å². The van der Waals surface area contributed by atoms with Crippen LogP contribution in [0.15, 0.2) is 0 Å². The summed E-state index contributed by atoms with van der Waals surface area (Å²) < 4.78 is 62.2. The van der Waals surface area contributed by atoms with E-state index in [-0.39, 0.29) is 0 Å². The molecule has 21 nitrogen and oxygen atoms in total. The molecule has 0 aliphatic carbocycles. The van der Waals surface area contributed by atoms with Gasteiger partial charge in [-0.25, -0.2) is 4.18 Å². The van der Waals surface area contributed by atoms with Crippen LogP contribution in [0.4, 0.5) is 0 Å². The van der Waals surface area contributed by atoms with E-state index in [9.17, 15) is 58.9 Å². The fourth-order valence-electron chi connectivity index (χ4n) is 4.90. The minimum Gasteiger partial charge on any atom is -0.394 e. The summed E-state index contributed by atoms with van der Waals surface area (Å²) in [5, 5.41) is 87.5. The van der Waals surface area contributed by atoms with Crippen molar-refractivity contribution in [1.82, 2.24) is 10.6 Å². The minimum absolute atomic E-state index is 0.643. The molecule has 0 aromatic carbocycles. The maximum Gasteiger partial charge on any atom is 0.397 e. The van der Waals surface area contributed by atoms with E-state index in [0.29, 0.717) is 0 Å². The van der Waals surface area contributed by atoms with Gasteiger partial charge in [-0.3, -0.25) is 14.1 Å². The molecule has 3 aliphatic rings. The van der Waals surface area contributed by atoms with Gasteiger partial charge in [-0.15, -0.1) is 0 Å². The van der Waals surface area contributed by atoms with Gasteiger partial charge in [-0.05, 0) is 0 Å². The molecule has 0 spiro atoms. The highest BCUT2D eigenvalue weighted by Crippen LogP contribution is 2.30. The second-order valence-electron chi connectivity index (χ2n) is 10.4. The number of hydrogen-bond donors (Lipinski definition) is 11. The zero-order valence-electron chi connectivity index (χ0n) is 23.3. The molecule has 3 saturated heterocycles. The van der Waals surface area contributed by atoms with Crippen LogP contribution in [0.2, 0.25) is 0 Å². The molecule has 3 aliphatic heterocycles. The van der Waals surface area contributed by atoms with Crippen molar-refractivity contribution in [3.8, 4) is 0 Å². The quantitative estimate of drug-likeness (QED) is 0.0912. The van der Waals surface area contributed by atoms with E-state index in [1.807, 2.05) is 0 Å². The largest absolute Gasteiger partial charge is 0.397 e. The molecule has 3 rings (SSSR count). The van der Waals surface area contributed by atoms with Gasteiger partial charge in [0.1, 0.15) is 73.1 Å². The van der Waals surface area contributed by atoms with Crippen LogP contribution in [0, 0.1) is 0 Å². The van der Waals surface area contributed by atoms with Gasteiger partial charge in [0.15, 0.2) is 18.9 Å². The zero-order chi connectivity index (χ0) is 33.1. The summed E-state index contributed by atoms with van der Waals surface area (Å²) in [6, 6.07) is -2.92. The van der Waals surface area contributed by atoms with Crippen molar-refractivity contribution in [1.29, 1.82) is 0 Å². The van der Waals surface area contributed by atoms with E-state index >= 15 is 0 Å². The number of carbonyl (C=O) groups excluding carboxylic acids is 2. The number of amides is 2. The fourth-order valence-corrected chi connectivity index (χ4v) is 5.20. The summed E-state index contributed by atoms with van der Waals surface area (Å²) in [5.74, 6) is -1.37. The minimum atomic E-state index is -5.01. The van der Waals surface area contributed by atoms with Crippen LogP contribution in [0.1, 0.15) is 13.8 Å². The van der Waals surface area contributed by atoms with Crippen LogP contribution < -0.4 is 10.6 Å². The van der Waals surface area contributed by atoms with Gasteiger partial charge in [0.25, 0.3) is 0 Å². The first-order chi connectivity index (χ1) is 20.4. The lowest BCUT2D eigenvalue weighted by molar-refractivity contribution is -0.345. The first-order valence-electron chi connectivity index (χ1n) is 13.2. The van der Waals surface area contributed by atoms with Crippen LogP contribution in [-0.2, 0) is 47.9 Å². The topological polar surface area (TPSA) is 330 Å². The monoisotopic (exact) mass is 666 g/mol. The molecule has 44 heavy (non-hydrogen) atoms. The normalized spacial score (nSPS) is 43.3. The first kappa shape index (κ1) is 36.8. The summed E-state index contributed by atoms with van der Waals surface area (Å²) in [6.45, 7) is -0.298. The molecule has 15 atom stereocenters. The Labute approximate surface area is 250 Å². The van der Waals surface area contributed by atoms with E-state index in [1.165, 1.54) is 0 Å². The predicted octanol–water partition coefficient (Wildman–Crippen LogP) is -7.46. The third kappa shape index (κ3) is 8.97. The van der Waals surface area contributed by atoms with Gasteiger partial charge in [-0.1, -0.05) is 0 Å². The predicted molar refractivity (Wildman–Crippen MR) is 135 cm³/mol. The van der Waals surface area contributed by atoms with Gasteiger partial charge in [-0.2, -0.15) is 8.42 Å². The zero-order valence-corrected chi connectivity index (χ0v) is 24.1. The lowest BCUT2D eigenvalue weighted by atomic mass is 9.95. The van der Waals surface area contributed by atoms with Crippen LogP contribution in [0.25, 0.3) is 0 Å². The standard InChI is InChI=1S/C22H38N2O19S/c1-6(26)23-11-16(31)13(28)8(3-25)41-21(11)38-4-9-15(30)19(12(20(34)40-9)24-7(2)27)43-22-18(33)17(32)14(29)10(42-22)5-39-44(35,36)37/h8-22,25,28-34H,3-5H2,1-2H3,(H,23,26)(H,24,27)(H,35,36,37)/t8-,9-,10-,11-,12-,13+,14-,15+,16-,17+,18-,19-,20-,21-,22+/m1/s1. The molecule has 0 radical (unpaired) electrons. The second-order valence-corrected chi connectivity index (χ2v) is 11.5. The summed E-state index contributed by atoms with van der Waals surface area (Å²) in [7, 11) is -5.01. The van der Waals surface area contributed by atoms with Crippen molar-refractivity contribution in [3.05, 3.63) is 0 Å². The summed E-state index contributed by atoms with van der Waals surface area (Å²) >= 11 is 0. The Morgan fingerprint density at radius 2 is 1.25 bits per heavy atom. The lowest BCUT2D eigenvalue weighted by Crippen LogP contribution is -2.68. The number of nitrogens with one attached hydrogen (secondary N) is 2. The third-order valence-electron chi connectivity index (χ3n) is 7.08. The Morgan fingerprint density at radius 3 is 1.82 bits per heavy atom.